The maximum Gasteiger partial charge on any atom is 0.344 e. The molecule has 0 radical (unpaired) electrons. The van der Waals surface area contributed by atoms with Crippen LogP contribution in [0.3, 0.4) is 0 Å². The highest BCUT2D eigenvalue weighted by Crippen LogP contribution is 2.39. The predicted octanol–water partition coefficient (Wildman–Crippen LogP) is 5.40. The number of hydrogen-bond donors (Lipinski definition) is 0. The highest BCUT2D eigenvalue weighted by molar-refractivity contribution is 6.32. The van der Waals surface area contributed by atoms with Gasteiger partial charge in [-0.1, -0.05) is 62.3 Å². The molecule has 0 spiro atoms. The molecular weight excluding hydrogens is 324 g/mol. The van der Waals surface area contributed by atoms with E-state index in [1.807, 2.05) is 12.1 Å². The van der Waals surface area contributed by atoms with Crippen LogP contribution in [0.15, 0.2) is 24.3 Å². The maximum atomic E-state index is 12.2. The first-order valence-corrected chi connectivity index (χ1v) is 9.68. The molecule has 132 valence electrons. The Bertz CT molecular complexity index is 539. The second-order valence-corrected chi connectivity index (χ2v) is 7.50. The van der Waals surface area contributed by atoms with Gasteiger partial charge in [0.15, 0.2) is 6.61 Å². The lowest BCUT2D eigenvalue weighted by molar-refractivity contribution is -0.157. The van der Waals surface area contributed by atoms with Gasteiger partial charge < -0.3 is 9.47 Å². The van der Waals surface area contributed by atoms with Crippen molar-refractivity contribution in [1.29, 1.82) is 0 Å². The molecule has 1 aromatic carbocycles. The molecule has 2 saturated carbocycles. The molecule has 3 rings (SSSR count). The lowest BCUT2D eigenvalue weighted by atomic mass is 9.72. The first kappa shape index (κ1) is 17.6. The SMILES string of the molecule is O=C(COc1ccccc1Cl)O[C@H]1CCCC[C@H]1C1CCCCC1. The fourth-order valence-electron chi connectivity index (χ4n) is 4.27. The summed E-state index contributed by atoms with van der Waals surface area (Å²) in [6.45, 7) is -0.0718. The Morgan fingerprint density at radius 1 is 1.00 bits per heavy atom. The number of carbonyl (C=O) groups is 1. The molecule has 24 heavy (non-hydrogen) atoms. The van der Waals surface area contributed by atoms with E-state index >= 15 is 0 Å². The standard InChI is InChI=1S/C20H27ClO3/c21-17-11-5-7-13-19(17)23-14-20(22)24-18-12-6-4-10-16(18)15-8-2-1-3-9-15/h5,7,11,13,15-16,18H,1-4,6,8-10,12,14H2/t16-,18-/m0/s1. The van der Waals surface area contributed by atoms with Crippen LogP contribution >= 0.6 is 11.6 Å². The number of rotatable bonds is 5. The van der Waals surface area contributed by atoms with Crippen LogP contribution in [0, 0.1) is 11.8 Å². The summed E-state index contributed by atoms with van der Waals surface area (Å²) in [7, 11) is 0. The van der Waals surface area contributed by atoms with Crippen LogP contribution in [-0.4, -0.2) is 18.7 Å². The van der Waals surface area contributed by atoms with Gasteiger partial charge >= 0.3 is 5.97 Å². The molecule has 3 nitrogen and oxygen atoms in total. The third-order valence-corrected chi connectivity index (χ3v) is 5.79. The first-order chi connectivity index (χ1) is 11.7. The van der Waals surface area contributed by atoms with E-state index in [2.05, 4.69) is 0 Å². The van der Waals surface area contributed by atoms with Crippen LogP contribution in [0.1, 0.15) is 57.8 Å². The molecule has 1 aromatic rings. The molecule has 0 aromatic heterocycles. The zero-order valence-electron chi connectivity index (χ0n) is 14.2. The van der Waals surface area contributed by atoms with Crippen LogP contribution in [0.25, 0.3) is 0 Å². The molecule has 0 aliphatic heterocycles. The Morgan fingerprint density at radius 3 is 2.50 bits per heavy atom. The summed E-state index contributed by atoms with van der Waals surface area (Å²) in [5.74, 6) is 1.54. The quantitative estimate of drug-likeness (QED) is 0.667. The van der Waals surface area contributed by atoms with E-state index < -0.39 is 0 Å². The lowest BCUT2D eigenvalue weighted by Gasteiger charge is -2.38. The summed E-state index contributed by atoms with van der Waals surface area (Å²) in [5, 5.41) is 0.517. The van der Waals surface area contributed by atoms with Crippen LogP contribution < -0.4 is 4.74 Å². The van der Waals surface area contributed by atoms with Gasteiger partial charge in [-0.3, -0.25) is 0 Å². The topological polar surface area (TPSA) is 35.5 Å². The fourth-order valence-corrected chi connectivity index (χ4v) is 4.47. The second-order valence-electron chi connectivity index (χ2n) is 7.09. The molecule has 0 bridgehead atoms. The van der Waals surface area contributed by atoms with Crippen LogP contribution in [-0.2, 0) is 9.53 Å². The number of esters is 1. The zero-order valence-corrected chi connectivity index (χ0v) is 15.0. The first-order valence-electron chi connectivity index (χ1n) is 9.31. The Labute approximate surface area is 149 Å². The molecule has 0 saturated heterocycles. The minimum absolute atomic E-state index is 0.0718. The Morgan fingerprint density at radius 2 is 1.71 bits per heavy atom. The summed E-state index contributed by atoms with van der Waals surface area (Å²) in [4.78, 5) is 12.2. The van der Waals surface area contributed by atoms with Crippen molar-refractivity contribution >= 4 is 17.6 Å². The number of carbonyl (C=O) groups excluding carboxylic acids is 1. The number of benzene rings is 1. The van der Waals surface area contributed by atoms with E-state index in [1.165, 1.54) is 44.9 Å². The molecule has 2 fully saturated rings. The molecular formula is C20H27ClO3. The van der Waals surface area contributed by atoms with Crippen molar-refractivity contribution < 1.29 is 14.3 Å². The lowest BCUT2D eigenvalue weighted by Crippen LogP contribution is -2.36. The van der Waals surface area contributed by atoms with Crippen molar-refractivity contribution in [2.75, 3.05) is 6.61 Å². The minimum Gasteiger partial charge on any atom is -0.480 e. The average molecular weight is 351 g/mol. The number of hydrogen-bond acceptors (Lipinski definition) is 3. The van der Waals surface area contributed by atoms with E-state index in [-0.39, 0.29) is 18.7 Å². The Hall–Kier alpha value is -1.22. The maximum absolute atomic E-state index is 12.2. The average Bonchev–Trinajstić information content (AvgIpc) is 2.62. The smallest absolute Gasteiger partial charge is 0.344 e. The fraction of sp³-hybridized carbons (Fsp3) is 0.650. The van der Waals surface area contributed by atoms with E-state index in [0.29, 0.717) is 16.7 Å². The largest absolute Gasteiger partial charge is 0.480 e. The van der Waals surface area contributed by atoms with Crippen molar-refractivity contribution in [3.8, 4) is 5.75 Å². The van der Waals surface area contributed by atoms with Crippen molar-refractivity contribution in [2.45, 2.75) is 63.9 Å². The molecule has 0 N–H and O–H groups in total. The molecule has 0 unspecified atom stereocenters. The van der Waals surface area contributed by atoms with E-state index in [9.17, 15) is 4.79 Å². The van der Waals surface area contributed by atoms with Gasteiger partial charge in [-0.25, -0.2) is 4.79 Å². The summed E-state index contributed by atoms with van der Waals surface area (Å²) >= 11 is 6.05. The van der Waals surface area contributed by atoms with Gasteiger partial charge in [0.2, 0.25) is 0 Å². The van der Waals surface area contributed by atoms with Gasteiger partial charge in [-0.15, -0.1) is 0 Å². The van der Waals surface area contributed by atoms with Crippen LogP contribution in [0.5, 0.6) is 5.75 Å². The monoisotopic (exact) mass is 350 g/mol. The number of para-hydroxylation sites is 1. The van der Waals surface area contributed by atoms with E-state index in [1.54, 1.807) is 12.1 Å². The number of ether oxygens (including phenoxy) is 2. The van der Waals surface area contributed by atoms with Gasteiger partial charge in [0.1, 0.15) is 11.9 Å². The van der Waals surface area contributed by atoms with Gasteiger partial charge in [0.05, 0.1) is 5.02 Å². The van der Waals surface area contributed by atoms with Crippen LogP contribution in [0.2, 0.25) is 5.02 Å². The van der Waals surface area contributed by atoms with Crippen LogP contribution in [0.4, 0.5) is 0 Å². The molecule has 2 aliphatic rings. The van der Waals surface area contributed by atoms with E-state index in [4.69, 9.17) is 21.1 Å². The zero-order chi connectivity index (χ0) is 16.8. The summed E-state index contributed by atoms with van der Waals surface area (Å²) < 4.78 is 11.3. The Balaban J connectivity index is 1.52. The molecule has 2 aliphatic carbocycles. The van der Waals surface area contributed by atoms with Gasteiger partial charge in [-0.05, 0) is 43.2 Å². The third kappa shape index (κ3) is 4.66. The van der Waals surface area contributed by atoms with Crippen molar-refractivity contribution in [3.05, 3.63) is 29.3 Å². The second kappa shape index (κ2) is 8.75. The van der Waals surface area contributed by atoms with Crippen molar-refractivity contribution in [2.24, 2.45) is 11.8 Å². The number of halogens is 1. The third-order valence-electron chi connectivity index (χ3n) is 5.47. The summed E-state index contributed by atoms with van der Waals surface area (Å²) in [6, 6.07) is 7.20. The Kier molecular flexibility index (Phi) is 6.42. The molecule has 2 atom stereocenters. The molecule has 0 heterocycles. The van der Waals surface area contributed by atoms with Gasteiger partial charge in [0, 0.05) is 0 Å². The van der Waals surface area contributed by atoms with Crippen molar-refractivity contribution in [1.82, 2.24) is 0 Å². The summed E-state index contributed by atoms with van der Waals surface area (Å²) in [5.41, 5.74) is 0. The predicted molar refractivity (Wildman–Crippen MR) is 95.4 cm³/mol. The molecule has 4 heteroatoms. The van der Waals surface area contributed by atoms with Crippen molar-refractivity contribution in [3.63, 3.8) is 0 Å². The minimum atomic E-state index is -0.275. The highest BCUT2D eigenvalue weighted by atomic mass is 35.5. The van der Waals surface area contributed by atoms with E-state index in [0.717, 1.165) is 18.8 Å². The van der Waals surface area contributed by atoms with Gasteiger partial charge in [-0.2, -0.15) is 0 Å². The normalized spacial score (nSPS) is 25.2. The van der Waals surface area contributed by atoms with Gasteiger partial charge in [0.25, 0.3) is 0 Å². The highest BCUT2D eigenvalue weighted by Gasteiger charge is 2.34. The summed E-state index contributed by atoms with van der Waals surface area (Å²) in [6.07, 6.45) is 11.3. The molecule has 0 amide bonds.